The summed E-state index contributed by atoms with van der Waals surface area (Å²) in [7, 11) is 0. The fraction of sp³-hybridized carbons (Fsp3) is 0.122. The van der Waals surface area contributed by atoms with Gasteiger partial charge in [0.25, 0.3) is 0 Å². The van der Waals surface area contributed by atoms with Gasteiger partial charge in [0.1, 0.15) is 21.3 Å². The van der Waals surface area contributed by atoms with Crippen molar-refractivity contribution < 1.29 is 1.43 Å². The van der Waals surface area contributed by atoms with Crippen molar-refractivity contribution in [3.63, 3.8) is 0 Å². The van der Waals surface area contributed by atoms with E-state index in [4.69, 9.17) is 64.2 Å². The first-order valence-electron chi connectivity index (χ1n) is 16.1. The highest BCUT2D eigenvalue weighted by Crippen LogP contribution is 2.28. The van der Waals surface area contributed by atoms with Crippen LogP contribution in [0.5, 0.6) is 0 Å². The molecule has 285 valence electrons. The van der Waals surface area contributed by atoms with E-state index in [9.17, 15) is 0 Å². The molecule has 0 saturated carbocycles. The van der Waals surface area contributed by atoms with Gasteiger partial charge >= 0.3 is 0 Å². The second-order valence-corrected chi connectivity index (χ2v) is 12.8. The van der Waals surface area contributed by atoms with Crippen molar-refractivity contribution in [3.8, 4) is 12.1 Å². The third kappa shape index (κ3) is 13.7. The number of nitrogen functional groups attached to an aromatic ring is 1. The van der Waals surface area contributed by atoms with Gasteiger partial charge in [-0.2, -0.15) is 15.5 Å². The smallest absolute Gasteiger partial charge is 0.230 e. The van der Waals surface area contributed by atoms with Crippen LogP contribution >= 0.6 is 34.8 Å². The first-order chi connectivity index (χ1) is 26.3. The Hall–Kier alpha value is -6.87. The maximum atomic E-state index is 9.08. The summed E-state index contributed by atoms with van der Waals surface area (Å²) >= 11 is 17.6. The minimum absolute atomic E-state index is 0. The Labute approximate surface area is 351 Å². The number of anilines is 7. The van der Waals surface area contributed by atoms with Gasteiger partial charge in [-0.15, -0.1) is 0 Å². The lowest BCUT2D eigenvalue weighted by Crippen LogP contribution is -2.03. The molecule has 0 atom stereocenters. The summed E-state index contributed by atoms with van der Waals surface area (Å²) in [6, 6.07) is 28.4. The van der Waals surface area contributed by atoms with Crippen LogP contribution in [-0.4, -0.2) is 28.3 Å². The summed E-state index contributed by atoms with van der Waals surface area (Å²) in [6.45, 7) is 21.5. The summed E-state index contributed by atoms with van der Waals surface area (Å²) < 4.78 is 0. The van der Waals surface area contributed by atoms with Crippen molar-refractivity contribution >= 4 is 95.1 Å². The van der Waals surface area contributed by atoms with Gasteiger partial charge in [-0.1, -0.05) is 66.5 Å². The van der Waals surface area contributed by atoms with Crippen molar-refractivity contribution in [3.05, 3.63) is 157 Å². The number of hydrogen-bond acceptors (Lipinski definition) is 10. The van der Waals surface area contributed by atoms with E-state index >= 15 is 0 Å². The number of aryl methyl sites for hydroxylation is 4. The van der Waals surface area contributed by atoms with Crippen LogP contribution in [0.2, 0.25) is 15.5 Å². The van der Waals surface area contributed by atoms with E-state index in [0.29, 0.717) is 40.2 Å². The molecule has 0 aliphatic rings. The summed E-state index contributed by atoms with van der Waals surface area (Å²) in [5.41, 5.74) is 15.1. The highest BCUT2D eigenvalue weighted by molar-refractivity contribution is 6.33. The molecular formula is C41H37BCl3N12. The Morgan fingerprint density at radius 1 is 0.596 bits per heavy atom. The molecule has 57 heavy (non-hydrogen) atoms. The lowest BCUT2D eigenvalue weighted by Gasteiger charge is -2.14. The van der Waals surface area contributed by atoms with Crippen molar-refractivity contribution in [1.82, 2.24) is 19.9 Å². The molecule has 4 aromatic carbocycles. The van der Waals surface area contributed by atoms with Crippen molar-refractivity contribution in [2.75, 3.05) is 21.7 Å². The normalized spacial score (nSPS) is 9.39. The lowest BCUT2D eigenvalue weighted by atomic mass is 10.0. The number of halogens is 3. The molecule has 16 heteroatoms. The number of nitriles is 2. The van der Waals surface area contributed by atoms with Gasteiger partial charge in [-0.05, 0) is 98.5 Å². The Morgan fingerprint density at radius 2 is 0.965 bits per heavy atom. The van der Waals surface area contributed by atoms with E-state index in [1.165, 1.54) is 6.07 Å². The number of hydrogen-bond donors (Lipinski definition) is 4. The molecule has 0 unspecified atom stereocenters. The van der Waals surface area contributed by atoms with Crippen LogP contribution in [0.4, 0.5) is 51.8 Å². The number of aromatic nitrogens is 4. The number of nitrogens with two attached hydrogens (primary N) is 1. The van der Waals surface area contributed by atoms with Crippen molar-refractivity contribution in [1.29, 1.82) is 10.5 Å². The van der Waals surface area contributed by atoms with Gasteiger partial charge in [0.2, 0.25) is 11.9 Å². The van der Waals surface area contributed by atoms with E-state index in [1.54, 1.807) is 66.7 Å². The zero-order valence-corrected chi connectivity index (χ0v) is 32.7. The first-order valence-corrected chi connectivity index (χ1v) is 17.2. The molecule has 5 N–H and O–H groups in total. The van der Waals surface area contributed by atoms with Crippen LogP contribution in [0.15, 0.2) is 84.9 Å². The monoisotopic (exact) mass is 814 g/mol. The molecule has 6 rings (SSSR count). The maximum Gasteiger partial charge on any atom is 0.230 e. The van der Waals surface area contributed by atoms with E-state index in [-0.39, 0.29) is 32.7 Å². The topological polar surface area (TPSA) is 170 Å². The van der Waals surface area contributed by atoms with E-state index in [2.05, 4.69) is 57.7 Å². The predicted octanol–water partition coefficient (Wildman–Crippen LogP) is 12.0. The molecule has 12 nitrogen and oxygen atoms in total. The van der Waals surface area contributed by atoms with Gasteiger partial charge in [0.15, 0.2) is 11.4 Å². The molecule has 3 radical (unpaired) electrons. The van der Waals surface area contributed by atoms with Gasteiger partial charge in [-0.25, -0.2) is 24.6 Å². The second-order valence-electron chi connectivity index (χ2n) is 11.7. The molecule has 0 amide bonds. The summed E-state index contributed by atoms with van der Waals surface area (Å²) in [5, 5.41) is 27.8. The fourth-order valence-corrected chi connectivity index (χ4v) is 5.48. The largest absolute Gasteiger partial charge is 0.398 e. The highest BCUT2D eigenvalue weighted by atomic mass is 35.5. The maximum absolute atomic E-state index is 9.08. The van der Waals surface area contributed by atoms with Crippen LogP contribution in [0, 0.1) is 63.5 Å². The second kappa shape index (κ2) is 21.9. The van der Waals surface area contributed by atoms with E-state index < -0.39 is 0 Å². The summed E-state index contributed by atoms with van der Waals surface area (Å²) in [5.74, 6) is 1.19. The van der Waals surface area contributed by atoms with Gasteiger partial charge in [-0.3, -0.25) is 0 Å². The number of nitrogens with one attached hydrogen (secondary N) is 3. The fourth-order valence-electron chi connectivity index (χ4n) is 4.87. The minimum atomic E-state index is 0. The Kier molecular flexibility index (Phi) is 17.8. The molecule has 2 heterocycles. The molecule has 0 fully saturated rings. The molecule has 0 aliphatic heterocycles. The van der Waals surface area contributed by atoms with Crippen LogP contribution in [0.3, 0.4) is 0 Å². The van der Waals surface area contributed by atoms with Crippen LogP contribution in [-0.2, 0) is 0 Å². The van der Waals surface area contributed by atoms with E-state index in [1.807, 2.05) is 39.8 Å². The summed E-state index contributed by atoms with van der Waals surface area (Å²) in [6.07, 6.45) is 0. The number of nitrogens with zero attached hydrogens (tertiary/aromatic N) is 8. The highest BCUT2D eigenvalue weighted by Gasteiger charge is 2.10. The lowest BCUT2D eigenvalue weighted by molar-refractivity contribution is 1.16. The molecule has 0 spiro atoms. The van der Waals surface area contributed by atoms with Crippen LogP contribution in [0.1, 0.15) is 42.2 Å². The van der Waals surface area contributed by atoms with Crippen molar-refractivity contribution in [2.45, 2.75) is 35.1 Å². The first kappa shape index (κ1) is 46.3. The number of benzene rings is 4. The molecular weight excluding hydrogens is 778 g/mol. The standard InChI is InChI=1S/C20H15ClN6.C11H6Cl2N4.C9H10N2.CH4.B.H2/c1-12-8-14(11-22)9-13(2)19(12)26-18-10-17(21)25-20(27-18)24-16-6-4-15(23-3)5-7-16;1-14-7-2-4-8(5-3-7)15-11-16-9(12)6-10(13)17-11;1-6-3-8(5-10)4-7(2)9(6)11;;;/h4-10H,1-2H3,(H2,24,25,26,27);2-6H,(H,15,16,17);3-4H,11H2,1-2H3;1H4;;1H/i;;;;;1+1. The molecule has 0 aliphatic carbocycles. The van der Waals surface area contributed by atoms with E-state index in [0.717, 1.165) is 45.0 Å². The van der Waals surface area contributed by atoms with Crippen LogP contribution < -0.4 is 21.7 Å². The Bertz CT molecular complexity index is 2440. The Morgan fingerprint density at radius 3 is 1.35 bits per heavy atom. The molecule has 6 aromatic rings. The Balaban J connectivity index is 0.000000466. The average molecular weight is 816 g/mol. The SMILES string of the molecule is C.Cc1cc(C#N)cc(C)c1N.[2HH].[B].[C-]#[N+]c1ccc(Nc2nc(Cl)cc(Cl)n2)cc1.[C-]#[N+]c1ccc(Nc2nc(Cl)cc(Nc3c(C)cc(C#N)cc3C)n2)cc1. The van der Waals surface area contributed by atoms with Gasteiger partial charge in [0.05, 0.1) is 36.4 Å². The summed E-state index contributed by atoms with van der Waals surface area (Å²) in [4.78, 5) is 23.2. The minimum Gasteiger partial charge on any atom is -0.398 e. The average Bonchev–Trinajstić information content (AvgIpc) is 3.15. The molecule has 0 bridgehead atoms. The van der Waals surface area contributed by atoms with Crippen molar-refractivity contribution in [2.24, 2.45) is 0 Å². The predicted molar refractivity (Wildman–Crippen MR) is 235 cm³/mol. The molecule has 0 saturated heterocycles. The third-order valence-corrected chi connectivity index (χ3v) is 8.08. The quantitative estimate of drug-likeness (QED) is 0.0549. The van der Waals surface area contributed by atoms with Crippen LogP contribution in [0.25, 0.3) is 9.69 Å². The third-order valence-electron chi connectivity index (χ3n) is 7.50. The number of rotatable bonds is 6. The molecule has 2 aromatic heterocycles. The van der Waals surface area contributed by atoms with Gasteiger partial charge in [0, 0.05) is 44.7 Å². The van der Waals surface area contributed by atoms with Gasteiger partial charge < -0.3 is 21.7 Å². The zero-order valence-electron chi connectivity index (χ0n) is 30.4. The zero-order chi connectivity index (χ0) is 40.1.